The molecule has 104 valence electrons. The van der Waals surface area contributed by atoms with Crippen molar-refractivity contribution in [2.75, 3.05) is 39.3 Å². The van der Waals surface area contributed by atoms with Gasteiger partial charge in [0, 0.05) is 32.6 Å². The Hall–Kier alpha value is -1.37. The highest BCUT2D eigenvalue weighted by Gasteiger charge is 2.19. The van der Waals surface area contributed by atoms with E-state index in [-0.39, 0.29) is 12.5 Å². The molecule has 1 fully saturated rings. The minimum atomic E-state index is -0.755. The zero-order chi connectivity index (χ0) is 13.4. The number of carbonyl (C=O) groups excluding carboxylic acids is 1. The minimum absolute atomic E-state index is 0.168. The number of rotatable bonds is 7. The highest BCUT2D eigenvalue weighted by atomic mass is 16.9. The molecule has 1 aliphatic rings. The van der Waals surface area contributed by atoms with Gasteiger partial charge in [-0.25, -0.2) is 0 Å². The standard InChI is InChI=1S/C11H21N3O4/c1-2-11(15)13-8-6-12(7-9-13)5-3-4-10-18-14(16)17/h2-10H2,1H3. The quantitative estimate of drug-likeness (QED) is 0.378. The second-order valence-corrected chi connectivity index (χ2v) is 4.34. The van der Waals surface area contributed by atoms with Crippen LogP contribution in [0.15, 0.2) is 0 Å². The molecule has 0 atom stereocenters. The molecule has 7 heteroatoms. The van der Waals surface area contributed by atoms with Crippen LogP contribution in [0.2, 0.25) is 0 Å². The largest absolute Gasteiger partial charge is 0.340 e. The molecule has 0 aromatic rings. The molecule has 0 saturated carbocycles. The first-order chi connectivity index (χ1) is 8.63. The number of hydrogen-bond donors (Lipinski definition) is 0. The molecular formula is C11H21N3O4. The maximum atomic E-state index is 11.5. The fraction of sp³-hybridized carbons (Fsp3) is 0.909. The number of piperazine rings is 1. The zero-order valence-electron chi connectivity index (χ0n) is 10.8. The molecule has 1 heterocycles. The van der Waals surface area contributed by atoms with Gasteiger partial charge < -0.3 is 9.74 Å². The third-order valence-electron chi connectivity index (χ3n) is 3.09. The van der Waals surface area contributed by atoms with Crippen molar-refractivity contribution in [1.82, 2.24) is 9.80 Å². The zero-order valence-corrected chi connectivity index (χ0v) is 10.8. The second-order valence-electron chi connectivity index (χ2n) is 4.34. The van der Waals surface area contributed by atoms with Gasteiger partial charge in [-0.05, 0) is 19.4 Å². The lowest BCUT2D eigenvalue weighted by molar-refractivity contribution is -0.757. The molecule has 0 spiro atoms. The molecular weight excluding hydrogens is 238 g/mol. The molecule has 18 heavy (non-hydrogen) atoms. The average molecular weight is 259 g/mol. The summed E-state index contributed by atoms with van der Waals surface area (Å²) in [6.07, 6.45) is 2.14. The Morgan fingerprint density at radius 2 is 1.94 bits per heavy atom. The Labute approximate surface area is 107 Å². The van der Waals surface area contributed by atoms with Gasteiger partial charge in [0.25, 0.3) is 5.09 Å². The molecule has 1 amide bonds. The van der Waals surface area contributed by atoms with Crippen LogP contribution in [0, 0.1) is 10.1 Å². The monoisotopic (exact) mass is 259 g/mol. The van der Waals surface area contributed by atoms with Gasteiger partial charge in [-0.2, -0.15) is 0 Å². The van der Waals surface area contributed by atoms with Crippen LogP contribution >= 0.6 is 0 Å². The third kappa shape index (κ3) is 5.31. The van der Waals surface area contributed by atoms with Gasteiger partial charge >= 0.3 is 0 Å². The summed E-state index contributed by atoms with van der Waals surface area (Å²) >= 11 is 0. The van der Waals surface area contributed by atoms with Gasteiger partial charge in [0.1, 0.15) is 0 Å². The number of carbonyl (C=O) groups is 1. The van der Waals surface area contributed by atoms with Crippen LogP contribution < -0.4 is 0 Å². The van der Waals surface area contributed by atoms with E-state index in [0.29, 0.717) is 12.8 Å². The Balaban J connectivity index is 2.05. The summed E-state index contributed by atoms with van der Waals surface area (Å²) in [5, 5.41) is 9.17. The van der Waals surface area contributed by atoms with Crippen molar-refractivity contribution >= 4 is 5.91 Å². The Kier molecular flexibility index (Phi) is 6.42. The van der Waals surface area contributed by atoms with E-state index in [0.717, 1.165) is 39.1 Å². The van der Waals surface area contributed by atoms with E-state index in [2.05, 4.69) is 9.74 Å². The number of hydrogen-bond acceptors (Lipinski definition) is 5. The van der Waals surface area contributed by atoms with E-state index in [1.54, 1.807) is 0 Å². The second kappa shape index (κ2) is 7.86. The fourth-order valence-corrected chi connectivity index (χ4v) is 2.02. The summed E-state index contributed by atoms with van der Waals surface area (Å²) in [7, 11) is 0. The molecule has 0 aromatic heterocycles. The van der Waals surface area contributed by atoms with Gasteiger partial charge in [0.05, 0.1) is 6.61 Å². The average Bonchev–Trinajstić information content (AvgIpc) is 2.38. The van der Waals surface area contributed by atoms with Crippen LogP contribution in [0.1, 0.15) is 26.2 Å². The Bertz CT molecular complexity index is 277. The van der Waals surface area contributed by atoms with Crippen molar-refractivity contribution < 1.29 is 14.7 Å². The van der Waals surface area contributed by atoms with Gasteiger partial charge in [0.15, 0.2) is 0 Å². The van der Waals surface area contributed by atoms with Crippen molar-refractivity contribution in [3.63, 3.8) is 0 Å². The highest BCUT2D eigenvalue weighted by Crippen LogP contribution is 2.05. The van der Waals surface area contributed by atoms with Crippen LogP contribution in [0.3, 0.4) is 0 Å². The van der Waals surface area contributed by atoms with E-state index >= 15 is 0 Å². The lowest BCUT2D eigenvalue weighted by Gasteiger charge is -2.34. The molecule has 1 aliphatic heterocycles. The molecule has 0 aromatic carbocycles. The lowest BCUT2D eigenvalue weighted by Crippen LogP contribution is -2.48. The topological polar surface area (TPSA) is 75.9 Å². The SMILES string of the molecule is CCC(=O)N1CCN(CCCCO[N+](=O)[O-])CC1. The Morgan fingerprint density at radius 3 is 2.50 bits per heavy atom. The molecule has 0 bridgehead atoms. The van der Waals surface area contributed by atoms with E-state index in [1.807, 2.05) is 11.8 Å². The van der Waals surface area contributed by atoms with Crippen LogP contribution in [0.4, 0.5) is 0 Å². The fourth-order valence-electron chi connectivity index (χ4n) is 2.02. The van der Waals surface area contributed by atoms with Gasteiger partial charge in [-0.3, -0.25) is 9.69 Å². The number of nitrogens with zero attached hydrogens (tertiary/aromatic N) is 3. The predicted octanol–water partition coefficient (Wildman–Crippen LogP) is 0.529. The summed E-state index contributed by atoms with van der Waals surface area (Å²) in [5.41, 5.74) is 0. The van der Waals surface area contributed by atoms with Crippen LogP contribution in [0.5, 0.6) is 0 Å². The van der Waals surface area contributed by atoms with E-state index in [4.69, 9.17) is 0 Å². The minimum Gasteiger partial charge on any atom is -0.340 e. The summed E-state index contributed by atoms with van der Waals surface area (Å²) in [6.45, 7) is 6.32. The summed E-state index contributed by atoms with van der Waals surface area (Å²) in [4.78, 5) is 29.8. The molecule has 0 unspecified atom stereocenters. The van der Waals surface area contributed by atoms with E-state index in [9.17, 15) is 14.9 Å². The maximum Gasteiger partial charge on any atom is 0.294 e. The smallest absolute Gasteiger partial charge is 0.294 e. The third-order valence-corrected chi connectivity index (χ3v) is 3.09. The van der Waals surface area contributed by atoms with Crippen molar-refractivity contribution in [3.8, 4) is 0 Å². The predicted molar refractivity (Wildman–Crippen MR) is 65.5 cm³/mol. The molecule has 0 N–H and O–H groups in total. The molecule has 0 aliphatic carbocycles. The molecule has 0 radical (unpaired) electrons. The van der Waals surface area contributed by atoms with Gasteiger partial charge in [0.2, 0.25) is 5.91 Å². The first-order valence-corrected chi connectivity index (χ1v) is 6.41. The molecule has 7 nitrogen and oxygen atoms in total. The van der Waals surface area contributed by atoms with Crippen molar-refractivity contribution in [3.05, 3.63) is 10.1 Å². The highest BCUT2D eigenvalue weighted by molar-refractivity contribution is 5.75. The molecule has 1 rings (SSSR count). The molecule has 1 saturated heterocycles. The number of amides is 1. The Morgan fingerprint density at radius 1 is 1.28 bits per heavy atom. The van der Waals surface area contributed by atoms with E-state index < -0.39 is 5.09 Å². The maximum absolute atomic E-state index is 11.5. The van der Waals surface area contributed by atoms with Crippen molar-refractivity contribution in [2.24, 2.45) is 0 Å². The van der Waals surface area contributed by atoms with Crippen LogP contribution in [-0.2, 0) is 9.63 Å². The summed E-state index contributed by atoms with van der Waals surface area (Å²) < 4.78 is 0. The van der Waals surface area contributed by atoms with E-state index in [1.165, 1.54) is 0 Å². The van der Waals surface area contributed by atoms with Gasteiger partial charge in [-0.15, -0.1) is 10.1 Å². The van der Waals surface area contributed by atoms with Crippen LogP contribution in [-0.4, -0.2) is 60.1 Å². The number of unbranched alkanes of at least 4 members (excludes halogenated alkanes) is 1. The first kappa shape index (κ1) is 14.7. The normalized spacial score (nSPS) is 16.6. The summed E-state index contributed by atoms with van der Waals surface area (Å²) in [5.74, 6) is 0.217. The van der Waals surface area contributed by atoms with Gasteiger partial charge in [-0.1, -0.05) is 6.92 Å². The van der Waals surface area contributed by atoms with Crippen LogP contribution in [0.25, 0.3) is 0 Å². The van der Waals surface area contributed by atoms with Crippen molar-refractivity contribution in [2.45, 2.75) is 26.2 Å². The first-order valence-electron chi connectivity index (χ1n) is 6.41. The summed E-state index contributed by atoms with van der Waals surface area (Å²) in [6, 6.07) is 0. The lowest BCUT2D eigenvalue weighted by atomic mass is 10.2. The van der Waals surface area contributed by atoms with Crippen molar-refractivity contribution in [1.29, 1.82) is 0 Å².